The van der Waals surface area contributed by atoms with Gasteiger partial charge in [-0.15, -0.1) is 0 Å². The Morgan fingerprint density at radius 1 is 0.884 bits per heavy atom. The molecule has 4 aromatic rings. The number of hydrogen-bond acceptors (Lipinski definition) is 8. The van der Waals surface area contributed by atoms with Gasteiger partial charge in [0.1, 0.15) is 23.3 Å². The van der Waals surface area contributed by atoms with E-state index in [2.05, 4.69) is 5.32 Å². The Morgan fingerprint density at radius 3 is 2.16 bits per heavy atom. The van der Waals surface area contributed by atoms with Crippen molar-refractivity contribution < 1.29 is 23.9 Å². The molecule has 0 spiro atoms. The van der Waals surface area contributed by atoms with Gasteiger partial charge in [-0.25, -0.2) is 4.90 Å². The monoisotopic (exact) mass is 655 g/mol. The SMILES string of the molecule is COc1ccc([C@@H]2c3sc(=O)n(CC(=O)Nc4ccc(Cl)c(Cl)c4)c3S[C@H]3C(=O)N(c4ccc(OC)cc4)C(=O)[C@@H]23)cc1. The van der Waals surface area contributed by atoms with Gasteiger partial charge in [0, 0.05) is 16.5 Å². The molecule has 3 atom stereocenters. The maximum Gasteiger partial charge on any atom is 0.308 e. The van der Waals surface area contributed by atoms with Crippen LogP contribution in [0.2, 0.25) is 10.0 Å². The number of aromatic nitrogens is 1. The molecule has 0 saturated carbocycles. The Labute approximate surface area is 264 Å². The molecule has 3 aromatic carbocycles. The molecule has 0 bridgehead atoms. The zero-order valence-electron chi connectivity index (χ0n) is 22.7. The zero-order chi connectivity index (χ0) is 30.4. The number of nitrogens with zero attached hydrogens (tertiary/aromatic N) is 2. The van der Waals surface area contributed by atoms with Gasteiger partial charge in [0.25, 0.3) is 0 Å². The maximum absolute atomic E-state index is 14.0. The fraction of sp³-hybridized carbons (Fsp3) is 0.200. The number of thioether (sulfide) groups is 1. The molecule has 43 heavy (non-hydrogen) atoms. The molecule has 3 amide bonds. The quantitative estimate of drug-likeness (QED) is 0.256. The van der Waals surface area contributed by atoms with Gasteiger partial charge in [-0.3, -0.25) is 23.7 Å². The number of anilines is 2. The van der Waals surface area contributed by atoms with Gasteiger partial charge in [-0.05, 0) is 60.2 Å². The first-order valence-corrected chi connectivity index (χ1v) is 15.5. The highest BCUT2D eigenvalue weighted by Gasteiger charge is 2.56. The molecule has 1 fully saturated rings. The van der Waals surface area contributed by atoms with Crippen LogP contribution in [0.1, 0.15) is 16.4 Å². The van der Waals surface area contributed by atoms with Crippen LogP contribution in [0.25, 0.3) is 0 Å². The van der Waals surface area contributed by atoms with Crippen molar-refractivity contribution in [1.82, 2.24) is 4.57 Å². The van der Waals surface area contributed by atoms with Crippen LogP contribution < -0.4 is 24.6 Å². The van der Waals surface area contributed by atoms with E-state index in [9.17, 15) is 19.2 Å². The summed E-state index contributed by atoms with van der Waals surface area (Å²) in [6, 6.07) is 18.6. The van der Waals surface area contributed by atoms with Crippen LogP contribution in [0.4, 0.5) is 11.4 Å². The molecule has 13 heteroatoms. The van der Waals surface area contributed by atoms with Crippen molar-refractivity contribution in [2.75, 3.05) is 24.4 Å². The van der Waals surface area contributed by atoms with Gasteiger partial charge >= 0.3 is 4.87 Å². The number of fused-ring (bicyclic) bond motifs is 2. The third kappa shape index (κ3) is 5.31. The minimum atomic E-state index is -0.812. The number of benzene rings is 3. The average Bonchev–Trinajstić information content (AvgIpc) is 3.45. The van der Waals surface area contributed by atoms with Gasteiger partial charge in [-0.2, -0.15) is 0 Å². The van der Waals surface area contributed by atoms with E-state index in [0.29, 0.717) is 37.8 Å². The lowest BCUT2D eigenvalue weighted by Crippen LogP contribution is -2.33. The van der Waals surface area contributed by atoms with E-state index >= 15 is 0 Å². The minimum Gasteiger partial charge on any atom is -0.497 e. The Balaban J connectivity index is 1.39. The molecular formula is C30H23Cl2N3O6S2. The van der Waals surface area contributed by atoms with E-state index in [1.54, 1.807) is 55.6 Å². The highest BCUT2D eigenvalue weighted by molar-refractivity contribution is 8.00. The molecule has 0 unspecified atom stereocenters. The van der Waals surface area contributed by atoms with E-state index < -0.39 is 23.0 Å². The first-order valence-electron chi connectivity index (χ1n) is 13.0. The number of imide groups is 1. The summed E-state index contributed by atoms with van der Waals surface area (Å²) in [6.07, 6.45) is 0. The zero-order valence-corrected chi connectivity index (χ0v) is 25.9. The second-order valence-corrected chi connectivity index (χ2v) is 12.8. The first-order chi connectivity index (χ1) is 20.7. The van der Waals surface area contributed by atoms with Gasteiger partial charge in [0.2, 0.25) is 17.7 Å². The van der Waals surface area contributed by atoms with Crippen LogP contribution in [0.5, 0.6) is 11.5 Å². The molecule has 9 nitrogen and oxygen atoms in total. The highest BCUT2D eigenvalue weighted by atomic mass is 35.5. The van der Waals surface area contributed by atoms with Crippen LogP contribution in [0, 0.1) is 5.92 Å². The minimum absolute atomic E-state index is 0.277. The smallest absolute Gasteiger partial charge is 0.308 e. The molecule has 6 rings (SSSR count). The predicted octanol–water partition coefficient (Wildman–Crippen LogP) is 5.67. The van der Waals surface area contributed by atoms with Crippen molar-refractivity contribution in [3.05, 3.63) is 96.9 Å². The summed E-state index contributed by atoms with van der Waals surface area (Å²) in [5.74, 6) is -1.34. The third-order valence-corrected chi connectivity index (χ3v) is 10.7. The standard InChI is InChI=1S/C30H23Cl2N3O6S2/c1-40-18-8-3-15(4-9-18)23-24-25(28(38)35(27(24)37)17-6-10-19(41-2)11-7-17)42-29-26(23)43-30(39)34(29)14-22(36)33-16-5-12-20(31)21(32)13-16/h3-13,23-25H,14H2,1-2H3,(H,33,36)/t23-,24-,25+/m0/s1. The lowest BCUT2D eigenvalue weighted by atomic mass is 9.83. The Morgan fingerprint density at radius 2 is 1.53 bits per heavy atom. The number of ether oxygens (including phenoxy) is 2. The number of methoxy groups -OCH3 is 2. The number of halogens is 2. The second kappa shape index (κ2) is 11.7. The summed E-state index contributed by atoms with van der Waals surface area (Å²) >= 11 is 14.2. The normalized spacial score (nSPS) is 19.2. The number of carbonyl (C=O) groups excluding carboxylic acids is 3. The van der Waals surface area contributed by atoms with Crippen LogP contribution in [0.3, 0.4) is 0 Å². The lowest BCUT2D eigenvalue weighted by Gasteiger charge is -2.30. The van der Waals surface area contributed by atoms with E-state index in [1.807, 2.05) is 12.1 Å². The largest absolute Gasteiger partial charge is 0.497 e. The topological polar surface area (TPSA) is 107 Å². The summed E-state index contributed by atoms with van der Waals surface area (Å²) in [5, 5.41) is 3.03. The van der Waals surface area contributed by atoms with Crippen LogP contribution in [-0.2, 0) is 20.9 Å². The van der Waals surface area contributed by atoms with Crippen molar-refractivity contribution in [2.45, 2.75) is 22.7 Å². The van der Waals surface area contributed by atoms with E-state index in [0.717, 1.165) is 28.7 Å². The number of amides is 3. The molecule has 3 heterocycles. The lowest BCUT2D eigenvalue weighted by molar-refractivity contribution is -0.122. The van der Waals surface area contributed by atoms with Crippen LogP contribution >= 0.6 is 46.3 Å². The van der Waals surface area contributed by atoms with Gasteiger partial charge < -0.3 is 14.8 Å². The van der Waals surface area contributed by atoms with E-state index in [1.165, 1.54) is 22.6 Å². The van der Waals surface area contributed by atoms with E-state index in [4.69, 9.17) is 32.7 Å². The van der Waals surface area contributed by atoms with Crippen molar-refractivity contribution in [1.29, 1.82) is 0 Å². The number of carbonyl (C=O) groups is 3. The predicted molar refractivity (Wildman–Crippen MR) is 167 cm³/mol. The van der Waals surface area contributed by atoms with Crippen molar-refractivity contribution in [3.63, 3.8) is 0 Å². The Bertz CT molecular complexity index is 1810. The Kier molecular flexibility index (Phi) is 7.99. The number of rotatable bonds is 7. The third-order valence-electron chi connectivity index (χ3n) is 7.36. The first kappa shape index (κ1) is 29.3. The molecule has 220 valence electrons. The average molecular weight is 657 g/mol. The second-order valence-electron chi connectivity index (χ2n) is 9.83. The number of hydrogen-bond donors (Lipinski definition) is 1. The van der Waals surface area contributed by atoms with Gasteiger partial charge in [0.05, 0.1) is 40.9 Å². The highest BCUT2D eigenvalue weighted by Crippen LogP contribution is 2.54. The number of nitrogens with one attached hydrogen (secondary N) is 1. The molecule has 0 radical (unpaired) electrons. The number of thiazole rings is 1. The molecule has 2 aliphatic rings. The molecule has 0 aliphatic carbocycles. The summed E-state index contributed by atoms with van der Waals surface area (Å²) in [7, 11) is 3.09. The van der Waals surface area contributed by atoms with Gasteiger partial charge in [-0.1, -0.05) is 58.4 Å². The molecular weight excluding hydrogens is 633 g/mol. The summed E-state index contributed by atoms with van der Waals surface area (Å²) < 4.78 is 11.9. The summed E-state index contributed by atoms with van der Waals surface area (Å²) in [5.41, 5.74) is 1.61. The van der Waals surface area contributed by atoms with Crippen LogP contribution in [-0.4, -0.2) is 41.8 Å². The van der Waals surface area contributed by atoms with Crippen molar-refractivity contribution >= 4 is 75.4 Å². The fourth-order valence-electron chi connectivity index (χ4n) is 5.33. The summed E-state index contributed by atoms with van der Waals surface area (Å²) in [6.45, 7) is -0.297. The fourth-order valence-corrected chi connectivity index (χ4v) is 8.40. The Hall–Kier alpha value is -3.77. The molecule has 2 aliphatic heterocycles. The van der Waals surface area contributed by atoms with Crippen molar-refractivity contribution in [3.8, 4) is 11.5 Å². The molecule has 1 aromatic heterocycles. The van der Waals surface area contributed by atoms with E-state index in [-0.39, 0.29) is 28.3 Å². The van der Waals surface area contributed by atoms with Crippen molar-refractivity contribution in [2.24, 2.45) is 5.92 Å². The molecule has 1 N–H and O–H groups in total. The summed E-state index contributed by atoms with van der Waals surface area (Å²) in [4.78, 5) is 55.8. The maximum atomic E-state index is 14.0. The van der Waals surface area contributed by atoms with Crippen LogP contribution in [0.15, 0.2) is 76.6 Å². The van der Waals surface area contributed by atoms with Gasteiger partial charge in [0.15, 0.2) is 0 Å². The molecule has 1 saturated heterocycles.